The highest BCUT2D eigenvalue weighted by Gasteiger charge is 2.08. The van der Waals surface area contributed by atoms with Gasteiger partial charge in [-0.15, -0.1) is 0 Å². The molecule has 0 unspecified atom stereocenters. The van der Waals surface area contributed by atoms with Gasteiger partial charge in [0.25, 0.3) is 5.82 Å². The SMILES string of the molecule is CCc1n(CC)cc[n+]1C.[Cl-]. The Morgan fingerprint density at radius 1 is 1.45 bits per heavy atom. The lowest BCUT2D eigenvalue weighted by molar-refractivity contribution is -0.678. The Hall–Kier alpha value is -0.500. The zero-order valence-corrected chi connectivity index (χ0v) is 8.10. The first-order valence-electron chi connectivity index (χ1n) is 3.83. The summed E-state index contributed by atoms with van der Waals surface area (Å²) in [5.41, 5.74) is 0. The lowest BCUT2D eigenvalue weighted by Gasteiger charge is -1.94. The molecule has 0 saturated carbocycles. The van der Waals surface area contributed by atoms with Gasteiger partial charge in [-0.25, -0.2) is 9.13 Å². The van der Waals surface area contributed by atoms with E-state index < -0.39 is 0 Å². The number of rotatable bonds is 2. The van der Waals surface area contributed by atoms with Gasteiger partial charge in [0.2, 0.25) is 0 Å². The fourth-order valence-corrected chi connectivity index (χ4v) is 1.30. The second-order valence-electron chi connectivity index (χ2n) is 2.46. The molecule has 0 aliphatic carbocycles. The molecular formula is C8H15ClN2. The molecule has 1 aromatic rings. The second-order valence-corrected chi connectivity index (χ2v) is 2.46. The summed E-state index contributed by atoms with van der Waals surface area (Å²) in [6.45, 7) is 5.42. The summed E-state index contributed by atoms with van der Waals surface area (Å²) in [4.78, 5) is 0. The minimum Gasteiger partial charge on any atom is -1.00 e. The van der Waals surface area contributed by atoms with Crippen molar-refractivity contribution < 1.29 is 17.0 Å². The predicted octanol–water partition coefficient (Wildman–Crippen LogP) is -2.10. The molecule has 11 heavy (non-hydrogen) atoms. The van der Waals surface area contributed by atoms with Crippen LogP contribution < -0.4 is 17.0 Å². The smallest absolute Gasteiger partial charge is 0.255 e. The van der Waals surface area contributed by atoms with Crippen LogP contribution in [0.25, 0.3) is 0 Å². The van der Waals surface area contributed by atoms with Crippen LogP contribution in [0.1, 0.15) is 19.7 Å². The Kier molecular flexibility index (Phi) is 4.19. The second kappa shape index (κ2) is 4.39. The molecule has 3 heteroatoms. The Labute approximate surface area is 74.3 Å². The van der Waals surface area contributed by atoms with E-state index in [1.54, 1.807) is 0 Å². The highest BCUT2D eigenvalue weighted by molar-refractivity contribution is 4.81. The summed E-state index contributed by atoms with van der Waals surface area (Å²) in [6.07, 6.45) is 5.33. The quantitative estimate of drug-likeness (QED) is 0.455. The van der Waals surface area contributed by atoms with E-state index in [1.165, 1.54) is 5.82 Å². The third-order valence-corrected chi connectivity index (χ3v) is 1.87. The molecule has 1 rings (SSSR count). The molecule has 0 spiro atoms. The van der Waals surface area contributed by atoms with E-state index in [0.717, 1.165) is 13.0 Å². The van der Waals surface area contributed by atoms with Gasteiger partial charge in [0.1, 0.15) is 12.4 Å². The third-order valence-electron chi connectivity index (χ3n) is 1.87. The zero-order valence-electron chi connectivity index (χ0n) is 7.34. The number of aromatic nitrogens is 2. The Balaban J connectivity index is 0.000001000. The van der Waals surface area contributed by atoms with Gasteiger partial charge in [-0.05, 0) is 6.92 Å². The number of imidazole rings is 1. The monoisotopic (exact) mass is 174 g/mol. The molecule has 1 heterocycles. The van der Waals surface area contributed by atoms with Crippen molar-refractivity contribution in [3.63, 3.8) is 0 Å². The van der Waals surface area contributed by atoms with Crippen LogP contribution in [-0.2, 0) is 20.0 Å². The maximum absolute atomic E-state index is 2.26. The van der Waals surface area contributed by atoms with Gasteiger partial charge in [-0.1, -0.05) is 6.92 Å². The zero-order chi connectivity index (χ0) is 7.56. The van der Waals surface area contributed by atoms with Crippen LogP contribution in [0.3, 0.4) is 0 Å². The van der Waals surface area contributed by atoms with E-state index in [-0.39, 0.29) is 12.4 Å². The molecule has 0 atom stereocenters. The van der Waals surface area contributed by atoms with Crippen LogP contribution >= 0.6 is 0 Å². The van der Waals surface area contributed by atoms with Gasteiger partial charge in [0, 0.05) is 6.42 Å². The van der Waals surface area contributed by atoms with Crippen molar-refractivity contribution in [1.29, 1.82) is 0 Å². The Bertz CT molecular complexity index is 218. The van der Waals surface area contributed by atoms with Crippen molar-refractivity contribution >= 4 is 0 Å². The van der Waals surface area contributed by atoms with Gasteiger partial charge in [-0.3, -0.25) is 0 Å². The normalized spacial score (nSPS) is 9.36. The van der Waals surface area contributed by atoms with E-state index in [2.05, 4.69) is 42.4 Å². The summed E-state index contributed by atoms with van der Waals surface area (Å²) in [5.74, 6) is 1.39. The fraction of sp³-hybridized carbons (Fsp3) is 0.625. The van der Waals surface area contributed by atoms with Crippen LogP contribution in [-0.4, -0.2) is 4.57 Å². The molecule has 0 aliphatic rings. The molecule has 64 valence electrons. The first kappa shape index (κ1) is 10.5. The van der Waals surface area contributed by atoms with E-state index >= 15 is 0 Å². The molecule has 0 radical (unpaired) electrons. The molecule has 0 amide bonds. The van der Waals surface area contributed by atoms with Gasteiger partial charge < -0.3 is 12.4 Å². The number of hydrogen-bond donors (Lipinski definition) is 0. The molecule has 0 fully saturated rings. The van der Waals surface area contributed by atoms with E-state index in [4.69, 9.17) is 0 Å². The van der Waals surface area contributed by atoms with Crippen LogP contribution in [0, 0.1) is 0 Å². The van der Waals surface area contributed by atoms with Crippen LogP contribution in [0.15, 0.2) is 12.4 Å². The van der Waals surface area contributed by atoms with Gasteiger partial charge in [-0.2, -0.15) is 0 Å². The number of nitrogens with zero attached hydrogens (tertiary/aromatic N) is 2. The summed E-state index contributed by atoms with van der Waals surface area (Å²) < 4.78 is 4.43. The number of aryl methyl sites for hydroxylation is 2. The van der Waals surface area contributed by atoms with Gasteiger partial charge in [0.15, 0.2) is 0 Å². The molecule has 0 aliphatic heterocycles. The van der Waals surface area contributed by atoms with Crippen LogP contribution in [0.4, 0.5) is 0 Å². The van der Waals surface area contributed by atoms with Crippen LogP contribution in [0.5, 0.6) is 0 Å². The van der Waals surface area contributed by atoms with Gasteiger partial charge in [0.05, 0.1) is 13.6 Å². The Morgan fingerprint density at radius 2 is 2.09 bits per heavy atom. The lowest BCUT2D eigenvalue weighted by Crippen LogP contribution is -3.00. The number of hydrogen-bond acceptors (Lipinski definition) is 0. The molecule has 2 nitrogen and oxygen atoms in total. The predicted molar refractivity (Wildman–Crippen MR) is 40.7 cm³/mol. The first-order chi connectivity index (χ1) is 4.79. The minimum atomic E-state index is 0. The van der Waals surface area contributed by atoms with Crippen molar-refractivity contribution in [1.82, 2.24) is 4.57 Å². The van der Waals surface area contributed by atoms with Gasteiger partial charge >= 0.3 is 0 Å². The van der Waals surface area contributed by atoms with E-state index in [9.17, 15) is 0 Å². The maximum Gasteiger partial charge on any atom is 0.255 e. The van der Waals surface area contributed by atoms with Crippen molar-refractivity contribution in [2.45, 2.75) is 26.8 Å². The molecule has 0 saturated heterocycles. The minimum absolute atomic E-state index is 0. The number of halogens is 1. The van der Waals surface area contributed by atoms with Crippen LogP contribution in [0.2, 0.25) is 0 Å². The highest BCUT2D eigenvalue weighted by atomic mass is 35.5. The summed E-state index contributed by atoms with van der Waals surface area (Å²) in [7, 11) is 2.09. The van der Waals surface area contributed by atoms with E-state index in [0.29, 0.717) is 0 Å². The van der Waals surface area contributed by atoms with Crippen molar-refractivity contribution in [3.05, 3.63) is 18.2 Å². The summed E-state index contributed by atoms with van der Waals surface area (Å²) >= 11 is 0. The molecule has 1 aromatic heterocycles. The topological polar surface area (TPSA) is 8.81 Å². The standard InChI is InChI=1S/C8H15N2.ClH/c1-4-8-9(3)6-7-10(8)5-2;/h6-7H,4-5H2,1-3H3;1H/q+1;/p-1. The fourth-order valence-electron chi connectivity index (χ4n) is 1.30. The Morgan fingerprint density at radius 3 is 2.45 bits per heavy atom. The average molecular weight is 175 g/mol. The summed E-state index contributed by atoms with van der Waals surface area (Å²) in [5, 5.41) is 0. The average Bonchev–Trinajstić information content (AvgIpc) is 2.30. The maximum atomic E-state index is 2.26. The molecule has 0 bridgehead atoms. The molecule has 0 N–H and O–H groups in total. The first-order valence-corrected chi connectivity index (χ1v) is 3.83. The van der Waals surface area contributed by atoms with E-state index in [1.807, 2.05) is 0 Å². The van der Waals surface area contributed by atoms with Crippen molar-refractivity contribution in [3.8, 4) is 0 Å². The lowest BCUT2D eigenvalue weighted by atomic mass is 10.4. The van der Waals surface area contributed by atoms with Crippen molar-refractivity contribution in [2.24, 2.45) is 7.05 Å². The third kappa shape index (κ3) is 1.96. The molecular weight excluding hydrogens is 160 g/mol. The highest BCUT2D eigenvalue weighted by Crippen LogP contribution is 1.94. The molecule has 0 aromatic carbocycles. The largest absolute Gasteiger partial charge is 1.00 e. The summed E-state index contributed by atoms with van der Waals surface area (Å²) in [6, 6.07) is 0. The van der Waals surface area contributed by atoms with Crippen molar-refractivity contribution in [2.75, 3.05) is 0 Å².